The molecule has 0 spiro atoms. The molecule has 0 aliphatic rings. The Hall–Kier alpha value is -3.76. The molecule has 37 heavy (non-hydrogen) atoms. The zero-order valence-corrected chi connectivity index (χ0v) is 21.4. The van der Waals surface area contributed by atoms with E-state index < -0.39 is 18.0 Å². The van der Waals surface area contributed by atoms with Crippen LogP contribution in [0.25, 0.3) is 11.3 Å². The molecule has 3 aromatic rings. The van der Waals surface area contributed by atoms with Crippen LogP contribution in [0, 0.1) is 0 Å². The molecular weight excluding hydrogens is 490 g/mol. The maximum atomic E-state index is 13.0. The number of carbonyl (C=O) groups excluding carboxylic acids is 3. The summed E-state index contributed by atoms with van der Waals surface area (Å²) in [7, 11) is 0. The molecule has 0 aliphatic carbocycles. The zero-order valence-electron chi connectivity index (χ0n) is 20.6. The van der Waals surface area contributed by atoms with Gasteiger partial charge in [0.1, 0.15) is 6.04 Å². The number of hydrogen-bond donors (Lipinski definition) is 5. The van der Waals surface area contributed by atoms with Gasteiger partial charge in [-0.05, 0) is 31.2 Å². The lowest BCUT2D eigenvalue weighted by Gasteiger charge is -2.18. The molecule has 1 aromatic heterocycles. The van der Waals surface area contributed by atoms with Gasteiger partial charge in [0.05, 0.1) is 5.69 Å². The topological polar surface area (TPSA) is 132 Å². The smallest absolute Gasteiger partial charge is 0.315 e. The van der Waals surface area contributed by atoms with Gasteiger partial charge in [-0.3, -0.25) is 14.8 Å². The molecule has 0 radical (unpaired) electrons. The first-order valence-corrected chi connectivity index (χ1v) is 13.3. The standard InChI is InChI=1S/C27H33N5O4S/c33-24(32-36)17-9-3-8-16-22(29-26(35)28-18-10-13-20-11-4-1-5-12-20)25(34)31-27-30-23(19-37-27)21-14-6-2-7-15-21/h1-2,4-7,11-12,14-15,19,22,36H,3,8-10,13,16-18H2,(H,32,33)(H2,28,29,35)(H,30,31,34)/t22-/m0/s1. The van der Waals surface area contributed by atoms with Crippen molar-refractivity contribution in [2.45, 2.75) is 51.0 Å². The van der Waals surface area contributed by atoms with Crippen molar-refractivity contribution in [2.24, 2.45) is 0 Å². The third-order valence-corrected chi connectivity index (χ3v) is 6.48. The number of thiazole rings is 1. The van der Waals surface area contributed by atoms with Crippen molar-refractivity contribution in [3.05, 3.63) is 71.6 Å². The first-order valence-electron chi connectivity index (χ1n) is 12.4. The number of hydroxylamine groups is 1. The molecule has 5 N–H and O–H groups in total. The number of amides is 4. The predicted molar refractivity (Wildman–Crippen MR) is 144 cm³/mol. The summed E-state index contributed by atoms with van der Waals surface area (Å²) in [5.41, 5.74) is 4.54. The van der Waals surface area contributed by atoms with Crippen LogP contribution >= 0.6 is 11.3 Å². The Morgan fingerprint density at radius 2 is 1.65 bits per heavy atom. The van der Waals surface area contributed by atoms with Gasteiger partial charge in [0.2, 0.25) is 11.8 Å². The second-order valence-corrected chi connectivity index (χ2v) is 9.43. The van der Waals surface area contributed by atoms with Crippen LogP contribution < -0.4 is 21.4 Å². The number of nitrogens with zero attached hydrogens (tertiary/aromatic N) is 1. The average molecular weight is 524 g/mol. The third-order valence-electron chi connectivity index (χ3n) is 5.72. The molecule has 3 rings (SSSR count). The highest BCUT2D eigenvalue weighted by molar-refractivity contribution is 7.14. The molecule has 10 heteroatoms. The molecule has 0 bridgehead atoms. The number of carbonyl (C=O) groups is 3. The van der Waals surface area contributed by atoms with E-state index in [9.17, 15) is 14.4 Å². The molecule has 4 amide bonds. The average Bonchev–Trinajstić information content (AvgIpc) is 3.39. The van der Waals surface area contributed by atoms with Crippen LogP contribution in [0.2, 0.25) is 0 Å². The molecule has 0 saturated carbocycles. The quantitative estimate of drug-likeness (QED) is 0.121. The fraction of sp³-hybridized carbons (Fsp3) is 0.333. The summed E-state index contributed by atoms with van der Waals surface area (Å²) in [4.78, 5) is 41.3. The number of hydrogen-bond acceptors (Lipinski definition) is 6. The first-order chi connectivity index (χ1) is 18.0. The van der Waals surface area contributed by atoms with Crippen molar-refractivity contribution in [1.82, 2.24) is 21.1 Å². The lowest BCUT2D eigenvalue weighted by molar-refractivity contribution is -0.129. The Kier molecular flexibility index (Phi) is 11.6. The van der Waals surface area contributed by atoms with E-state index in [1.54, 1.807) is 5.48 Å². The van der Waals surface area contributed by atoms with Crippen LogP contribution in [0.15, 0.2) is 66.0 Å². The summed E-state index contributed by atoms with van der Waals surface area (Å²) in [6.45, 7) is 0.484. The highest BCUT2D eigenvalue weighted by Crippen LogP contribution is 2.24. The summed E-state index contributed by atoms with van der Waals surface area (Å²) in [6, 6.07) is 18.5. The van der Waals surface area contributed by atoms with Gasteiger partial charge in [0, 0.05) is 23.9 Å². The van der Waals surface area contributed by atoms with Crippen molar-refractivity contribution < 1.29 is 19.6 Å². The van der Waals surface area contributed by atoms with E-state index in [1.165, 1.54) is 16.9 Å². The van der Waals surface area contributed by atoms with Crippen LogP contribution in [0.1, 0.15) is 44.1 Å². The maximum absolute atomic E-state index is 13.0. The SMILES string of the molecule is O=C(CCCCC[C@H](NC(=O)NCCCc1ccccc1)C(=O)Nc1nc(-c2ccccc2)cs1)NO. The minimum Gasteiger partial charge on any atom is -0.338 e. The third kappa shape index (κ3) is 10.0. The van der Waals surface area contributed by atoms with Crippen molar-refractivity contribution in [1.29, 1.82) is 0 Å². The Labute approximate surface area is 220 Å². The summed E-state index contributed by atoms with van der Waals surface area (Å²) in [6.07, 6.45) is 4.10. The highest BCUT2D eigenvalue weighted by Gasteiger charge is 2.21. The van der Waals surface area contributed by atoms with Crippen LogP contribution in [0.3, 0.4) is 0 Å². The van der Waals surface area contributed by atoms with E-state index in [0.717, 1.165) is 24.1 Å². The van der Waals surface area contributed by atoms with Crippen molar-refractivity contribution >= 4 is 34.3 Å². The maximum Gasteiger partial charge on any atom is 0.315 e. The Morgan fingerprint density at radius 1 is 0.919 bits per heavy atom. The largest absolute Gasteiger partial charge is 0.338 e. The monoisotopic (exact) mass is 523 g/mol. The molecular formula is C27H33N5O4S. The van der Waals surface area contributed by atoms with E-state index in [0.29, 0.717) is 37.4 Å². The van der Waals surface area contributed by atoms with Gasteiger partial charge in [0.25, 0.3) is 0 Å². The number of unbranched alkanes of at least 4 members (excludes halogenated alkanes) is 2. The fourth-order valence-corrected chi connectivity index (χ4v) is 4.47. The number of anilines is 1. The molecule has 1 heterocycles. The van der Waals surface area contributed by atoms with Gasteiger partial charge in [-0.2, -0.15) is 0 Å². The predicted octanol–water partition coefficient (Wildman–Crippen LogP) is 4.51. The number of urea groups is 1. The van der Waals surface area contributed by atoms with Gasteiger partial charge in [-0.25, -0.2) is 15.3 Å². The normalized spacial score (nSPS) is 11.4. The second kappa shape index (κ2) is 15.4. The number of benzene rings is 2. The molecule has 196 valence electrons. The van der Waals surface area contributed by atoms with Crippen molar-refractivity contribution in [3.8, 4) is 11.3 Å². The summed E-state index contributed by atoms with van der Waals surface area (Å²) < 4.78 is 0. The first kappa shape index (κ1) is 27.8. The van der Waals surface area contributed by atoms with E-state index in [-0.39, 0.29) is 12.3 Å². The van der Waals surface area contributed by atoms with E-state index >= 15 is 0 Å². The number of nitrogens with one attached hydrogen (secondary N) is 4. The number of rotatable bonds is 14. The lowest BCUT2D eigenvalue weighted by atomic mass is 10.1. The molecule has 0 fully saturated rings. The number of aryl methyl sites for hydroxylation is 1. The molecule has 9 nitrogen and oxygen atoms in total. The Morgan fingerprint density at radius 3 is 2.38 bits per heavy atom. The summed E-state index contributed by atoms with van der Waals surface area (Å²) in [5, 5.41) is 19.4. The molecule has 2 aromatic carbocycles. The van der Waals surface area contributed by atoms with Gasteiger partial charge in [-0.1, -0.05) is 73.5 Å². The highest BCUT2D eigenvalue weighted by atomic mass is 32.1. The molecule has 1 atom stereocenters. The summed E-state index contributed by atoms with van der Waals surface area (Å²) in [5.74, 6) is -0.790. The summed E-state index contributed by atoms with van der Waals surface area (Å²) >= 11 is 1.32. The van der Waals surface area contributed by atoms with Gasteiger partial charge in [0.15, 0.2) is 5.13 Å². The zero-order chi connectivity index (χ0) is 26.3. The van der Waals surface area contributed by atoms with Crippen LogP contribution in [-0.4, -0.2) is 40.6 Å². The van der Waals surface area contributed by atoms with Crippen molar-refractivity contribution in [3.63, 3.8) is 0 Å². The van der Waals surface area contributed by atoms with E-state index in [2.05, 4.69) is 20.9 Å². The molecule has 0 aliphatic heterocycles. The van der Waals surface area contributed by atoms with Crippen LogP contribution in [-0.2, 0) is 16.0 Å². The van der Waals surface area contributed by atoms with Crippen molar-refractivity contribution in [2.75, 3.05) is 11.9 Å². The van der Waals surface area contributed by atoms with Crippen LogP contribution in [0.5, 0.6) is 0 Å². The second-order valence-electron chi connectivity index (χ2n) is 8.57. The Balaban J connectivity index is 1.51. The number of aromatic nitrogens is 1. The minimum absolute atomic E-state index is 0.198. The Bertz CT molecular complexity index is 1120. The van der Waals surface area contributed by atoms with Gasteiger partial charge < -0.3 is 16.0 Å². The molecule has 0 saturated heterocycles. The fourth-order valence-electron chi connectivity index (χ4n) is 3.75. The van der Waals surface area contributed by atoms with Crippen LogP contribution in [0.4, 0.5) is 9.93 Å². The minimum atomic E-state index is -0.759. The van der Waals surface area contributed by atoms with E-state index in [4.69, 9.17) is 5.21 Å². The van der Waals surface area contributed by atoms with Gasteiger partial charge >= 0.3 is 6.03 Å². The lowest BCUT2D eigenvalue weighted by Crippen LogP contribution is -2.48. The van der Waals surface area contributed by atoms with E-state index in [1.807, 2.05) is 66.0 Å². The molecule has 0 unspecified atom stereocenters. The van der Waals surface area contributed by atoms with Gasteiger partial charge in [-0.15, -0.1) is 11.3 Å².